The molecule has 0 spiro atoms. The van der Waals surface area contributed by atoms with Gasteiger partial charge in [0, 0.05) is 23.6 Å². The number of para-hydroxylation sites is 2. The Morgan fingerprint density at radius 2 is 1.86 bits per heavy atom. The third kappa shape index (κ3) is 2.90. The summed E-state index contributed by atoms with van der Waals surface area (Å²) in [5, 5.41) is 14.2. The maximum absolute atomic E-state index is 9.77. The molecule has 3 nitrogen and oxygen atoms in total. The maximum Gasteiger partial charge on any atom is 0.125 e. The van der Waals surface area contributed by atoms with Gasteiger partial charge in [-0.1, -0.05) is 42.5 Å². The summed E-state index contributed by atoms with van der Waals surface area (Å²) in [6, 6.07) is 15.4. The fraction of sp³-hybridized carbons (Fsp3) is 0.118. The summed E-state index contributed by atoms with van der Waals surface area (Å²) in [5.74, 6) is 0.210. The van der Waals surface area contributed by atoms with Crippen LogP contribution in [0.2, 0.25) is 0 Å². The second-order valence-corrected chi connectivity index (χ2v) is 5.29. The van der Waals surface area contributed by atoms with Crippen molar-refractivity contribution in [1.29, 1.82) is 0 Å². The monoisotopic (exact) mass is 296 g/mol. The molecule has 106 valence electrons. The van der Waals surface area contributed by atoms with Gasteiger partial charge >= 0.3 is 0 Å². The highest BCUT2D eigenvalue weighted by atomic mass is 32.1. The van der Waals surface area contributed by atoms with Crippen LogP contribution in [-0.2, 0) is 6.42 Å². The van der Waals surface area contributed by atoms with Gasteiger partial charge in [0.1, 0.15) is 10.7 Å². The molecule has 1 aromatic heterocycles. The zero-order chi connectivity index (χ0) is 14.7. The summed E-state index contributed by atoms with van der Waals surface area (Å²) >= 11 is 5.32. The Bertz CT molecular complexity index is 779. The Morgan fingerprint density at radius 1 is 1.10 bits per heavy atom. The topological polar surface area (TPSA) is 48.0 Å². The van der Waals surface area contributed by atoms with E-state index in [2.05, 4.69) is 22.4 Å². The first-order valence-corrected chi connectivity index (χ1v) is 7.28. The number of hydrogen-bond acceptors (Lipinski definition) is 2. The lowest BCUT2D eigenvalue weighted by atomic mass is 10.1. The van der Waals surface area contributed by atoms with Crippen LogP contribution < -0.4 is 5.32 Å². The third-order valence-corrected chi connectivity index (χ3v) is 3.87. The van der Waals surface area contributed by atoms with Crippen LogP contribution in [0.1, 0.15) is 11.1 Å². The van der Waals surface area contributed by atoms with Crippen LogP contribution in [0.3, 0.4) is 0 Å². The molecule has 0 amide bonds. The van der Waals surface area contributed by atoms with Gasteiger partial charge in [-0.25, -0.2) is 0 Å². The van der Waals surface area contributed by atoms with E-state index in [0.29, 0.717) is 10.6 Å². The van der Waals surface area contributed by atoms with Crippen LogP contribution in [0, 0.1) is 0 Å². The maximum atomic E-state index is 9.77. The standard InChI is InChI=1S/C17H16N2OS/c20-16-8-4-2-6-14(16)17(21)18-10-9-12-11-19-15-7-3-1-5-13(12)15/h1-8,11,19-20H,9-10H2,(H,18,21). The van der Waals surface area contributed by atoms with Crippen molar-refractivity contribution in [3.8, 4) is 5.75 Å². The van der Waals surface area contributed by atoms with Crippen molar-refractivity contribution in [2.24, 2.45) is 0 Å². The van der Waals surface area contributed by atoms with E-state index in [1.54, 1.807) is 12.1 Å². The predicted octanol–water partition coefficient (Wildman–Crippen LogP) is 3.38. The molecule has 1 heterocycles. The van der Waals surface area contributed by atoms with E-state index >= 15 is 0 Å². The van der Waals surface area contributed by atoms with Crippen molar-refractivity contribution < 1.29 is 5.11 Å². The van der Waals surface area contributed by atoms with Gasteiger partial charge in [0.25, 0.3) is 0 Å². The zero-order valence-electron chi connectivity index (χ0n) is 11.5. The fourth-order valence-corrected chi connectivity index (χ4v) is 2.68. The number of phenols is 1. The summed E-state index contributed by atoms with van der Waals surface area (Å²) < 4.78 is 0. The van der Waals surface area contributed by atoms with Crippen LogP contribution in [0.25, 0.3) is 10.9 Å². The van der Waals surface area contributed by atoms with E-state index < -0.39 is 0 Å². The molecule has 0 aliphatic rings. The minimum absolute atomic E-state index is 0.210. The number of aromatic amines is 1. The van der Waals surface area contributed by atoms with Crippen LogP contribution >= 0.6 is 12.2 Å². The number of phenolic OH excluding ortho intramolecular Hbond substituents is 1. The lowest BCUT2D eigenvalue weighted by Gasteiger charge is -2.09. The average molecular weight is 296 g/mol. The number of H-pyrrole nitrogens is 1. The number of fused-ring (bicyclic) bond motifs is 1. The van der Waals surface area contributed by atoms with Crippen LogP contribution in [0.4, 0.5) is 0 Å². The van der Waals surface area contributed by atoms with E-state index in [4.69, 9.17) is 12.2 Å². The first-order chi connectivity index (χ1) is 10.3. The minimum atomic E-state index is 0.210. The van der Waals surface area contributed by atoms with Crippen LogP contribution in [0.5, 0.6) is 5.75 Å². The van der Waals surface area contributed by atoms with Crippen molar-refractivity contribution in [2.75, 3.05) is 6.54 Å². The highest BCUT2D eigenvalue weighted by molar-refractivity contribution is 7.80. The molecule has 0 radical (unpaired) electrons. The number of nitrogens with one attached hydrogen (secondary N) is 2. The number of thiocarbonyl (C=S) groups is 1. The molecule has 3 N–H and O–H groups in total. The molecule has 0 saturated carbocycles. The molecule has 0 aliphatic carbocycles. The Labute approximate surface area is 128 Å². The lowest BCUT2D eigenvalue weighted by Crippen LogP contribution is -2.24. The highest BCUT2D eigenvalue weighted by Gasteiger charge is 2.06. The molecule has 3 aromatic rings. The van der Waals surface area contributed by atoms with Gasteiger partial charge in [0.15, 0.2) is 0 Å². The van der Waals surface area contributed by atoms with Gasteiger partial charge in [-0.05, 0) is 30.2 Å². The first kappa shape index (κ1) is 13.6. The molecule has 21 heavy (non-hydrogen) atoms. The van der Waals surface area contributed by atoms with Gasteiger partial charge in [-0.15, -0.1) is 0 Å². The third-order valence-electron chi connectivity index (χ3n) is 3.50. The van der Waals surface area contributed by atoms with Crippen molar-refractivity contribution in [3.05, 3.63) is 65.9 Å². The van der Waals surface area contributed by atoms with E-state index in [1.807, 2.05) is 30.5 Å². The SMILES string of the molecule is Oc1ccccc1C(=S)NCCc1c[nH]c2ccccc12. The molecule has 0 fully saturated rings. The molecule has 3 rings (SSSR count). The Balaban J connectivity index is 1.64. The molecule has 4 heteroatoms. The van der Waals surface area contributed by atoms with Crippen LogP contribution in [-0.4, -0.2) is 21.6 Å². The van der Waals surface area contributed by atoms with Crippen molar-refractivity contribution in [3.63, 3.8) is 0 Å². The highest BCUT2D eigenvalue weighted by Crippen LogP contribution is 2.18. The molecule has 2 aromatic carbocycles. The normalized spacial score (nSPS) is 10.7. The summed E-state index contributed by atoms with van der Waals surface area (Å²) in [6.07, 6.45) is 2.91. The fourth-order valence-electron chi connectivity index (χ4n) is 2.41. The van der Waals surface area contributed by atoms with E-state index in [9.17, 15) is 5.11 Å². The molecule has 0 saturated heterocycles. The summed E-state index contributed by atoms with van der Waals surface area (Å²) in [7, 11) is 0. The Kier molecular flexibility index (Phi) is 3.88. The predicted molar refractivity (Wildman–Crippen MR) is 89.8 cm³/mol. The largest absolute Gasteiger partial charge is 0.507 e. The number of benzene rings is 2. The second-order valence-electron chi connectivity index (χ2n) is 4.88. The Morgan fingerprint density at radius 3 is 2.71 bits per heavy atom. The molecular formula is C17H16N2OS. The van der Waals surface area contributed by atoms with Crippen molar-refractivity contribution >= 4 is 28.1 Å². The first-order valence-electron chi connectivity index (χ1n) is 6.87. The van der Waals surface area contributed by atoms with Gasteiger partial charge in [0.2, 0.25) is 0 Å². The van der Waals surface area contributed by atoms with Gasteiger partial charge in [-0.3, -0.25) is 0 Å². The second kappa shape index (κ2) is 5.97. The van der Waals surface area contributed by atoms with Crippen molar-refractivity contribution in [1.82, 2.24) is 10.3 Å². The summed E-state index contributed by atoms with van der Waals surface area (Å²) in [5.41, 5.74) is 3.08. The van der Waals surface area contributed by atoms with E-state index in [1.165, 1.54) is 10.9 Å². The van der Waals surface area contributed by atoms with Gasteiger partial charge < -0.3 is 15.4 Å². The molecule has 0 unspecified atom stereocenters. The molecular weight excluding hydrogens is 280 g/mol. The molecule has 0 atom stereocenters. The number of rotatable bonds is 4. The average Bonchev–Trinajstić information content (AvgIpc) is 2.91. The Hall–Kier alpha value is -2.33. The molecule has 0 bridgehead atoms. The number of aromatic nitrogens is 1. The van der Waals surface area contributed by atoms with E-state index in [0.717, 1.165) is 18.5 Å². The zero-order valence-corrected chi connectivity index (χ0v) is 12.3. The minimum Gasteiger partial charge on any atom is -0.507 e. The lowest BCUT2D eigenvalue weighted by molar-refractivity contribution is 0.474. The number of hydrogen-bond donors (Lipinski definition) is 3. The van der Waals surface area contributed by atoms with Crippen molar-refractivity contribution in [2.45, 2.75) is 6.42 Å². The smallest absolute Gasteiger partial charge is 0.125 e. The summed E-state index contributed by atoms with van der Waals surface area (Å²) in [4.78, 5) is 3.84. The summed E-state index contributed by atoms with van der Waals surface area (Å²) in [6.45, 7) is 0.731. The van der Waals surface area contributed by atoms with Crippen LogP contribution in [0.15, 0.2) is 54.7 Å². The number of aromatic hydroxyl groups is 1. The molecule has 0 aliphatic heterocycles. The van der Waals surface area contributed by atoms with Gasteiger partial charge in [0.05, 0.1) is 5.56 Å². The quantitative estimate of drug-likeness (QED) is 0.647. The van der Waals surface area contributed by atoms with Gasteiger partial charge in [-0.2, -0.15) is 0 Å². The van der Waals surface area contributed by atoms with E-state index in [-0.39, 0.29) is 5.75 Å².